The van der Waals surface area contributed by atoms with Gasteiger partial charge in [-0.2, -0.15) is 0 Å². The van der Waals surface area contributed by atoms with Gasteiger partial charge in [-0.15, -0.1) is 0 Å². The fourth-order valence-electron chi connectivity index (χ4n) is 2.57. The molecule has 0 aromatic rings. The molecule has 1 aliphatic rings. The van der Waals surface area contributed by atoms with E-state index in [2.05, 4.69) is 32.7 Å². The Bertz CT molecular complexity index is 172. The molecular weight excluding hydrogens is 172 g/mol. The van der Waals surface area contributed by atoms with Crippen molar-refractivity contribution in [1.82, 2.24) is 4.90 Å². The molecule has 0 saturated heterocycles. The molecule has 2 heteroatoms. The van der Waals surface area contributed by atoms with Crippen LogP contribution in [0.2, 0.25) is 0 Å². The average molecular weight is 198 g/mol. The summed E-state index contributed by atoms with van der Waals surface area (Å²) in [4.78, 5) is 2.45. The third-order valence-electron chi connectivity index (χ3n) is 3.19. The molecule has 0 aromatic heterocycles. The highest BCUT2D eigenvalue weighted by atomic mass is 15.1. The van der Waals surface area contributed by atoms with Crippen LogP contribution >= 0.6 is 0 Å². The fourth-order valence-corrected chi connectivity index (χ4v) is 2.57. The van der Waals surface area contributed by atoms with Gasteiger partial charge in [0.25, 0.3) is 0 Å². The van der Waals surface area contributed by atoms with E-state index < -0.39 is 0 Å². The van der Waals surface area contributed by atoms with Crippen molar-refractivity contribution < 1.29 is 0 Å². The van der Waals surface area contributed by atoms with Gasteiger partial charge in [0.1, 0.15) is 0 Å². The number of nitrogens with zero attached hydrogens (tertiary/aromatic N) is 1. The summed E-state index contributed by atoms with van der Waals surface area (Å²) in [6.45, 7) is 7.59. The first-order valence-corrected chi connectivity index (χ1v) is 5.87. The normalized spacial score (nSPS) is 29.6. The first-order chi connectivity index (χ1) is 6.38. The topological polar surface area (TPSA) is 29.3 Å². The lowest BCUT2D eigenvalue weighted by Crippen LogP contribution is -2.48. The lowest BCUT2D eigenvalue weighted by atomic mass is 9.86. The summed E-state index contributed by atoms with van der Waals surface area (Å²) >= 11 is 0. The van der Waals surface area contributed by atoms with Gasteiger partial charge in [0.05, 0.1) is 0 Å². The smallest absolute Gasteiger partial charge is 0.0226 e. The molecule has 14 heavy (non-hydrogen) atoms. The Morgan fingerprint density at radius 2 is 2.00 bits per heavy atom. The second-order valence-corrected chi connectivity index (χ2v) is 5.83. The maximum Gasteiger partial charge on any atom is 0.0226 e. The predicted octanol–water partition coefficient (Wildman–Crippen LogP) is 2.23. The number of nitrogens with two attached hydrogens (primary N) is 1. The van der Waals surface area contributed by atoms with Gasteiger partial charge in [0.15, 0.2) is 0 Å². The van der Waals surface area contributed by atoms with E-state index in [1.54, 1.807) is 0 Å². The number of hydrogen-bond donors (Lipinski definition) is 1. The molecule has 0 heterocycles. The Morgan fingerprint density at radius 3 is 2.50 bits per heavy atom. The van der Waals surface area contributed by atoms with Crippen molar-refractivity contribution >= 4 is 0 Å². The summed E-state index contributed by atoms with van der Waals surface area (Å²) < 4.78 is 0. The van der Waals surface area contributed by atoms with Crippen LogP contribution in [-0.2, 0) is 0 Å². The van der Waals surface area contributed by atoms with Crippen LogP contribution in [0.5, 0.6) is 0 Å². The van der Waals surface area contributed by atoms with Crippen LogP contribution < -0.4 is 5.73 Å². The van der Waals surface area contributed by atoms with Crippen molar-refractivity contribution in [2.24, 2.45) is 11.7 Å². The maximum atomic E-state index is 6.04. The molecule has 1 aliphatic carbocycles. The van der Waals surface area contributed by atoms with E-state index in [0.29, 0.717) is 0 Å². The summed E-state index contributed by atoms with van der Waals surface area (Å²) in [5.74, 6) is 0.900. The van der Waals surface area contributed by atoms with Crippen molar-refractivity contribution in [2.75, 3.05) is 13.6 Å². The molecule has 2 N–H and O–H groups in total. The van der Waals surface area contributed by atoms with Gasteiger partial charge in [0.2, 0.25) is 0 Å². The second-order valence-electron chi connectivity index (χ2n) is 5.83. The predicted molar refractivity (Wildman–Crippen MR) is 62.3 cm³/mol. The minimum atomic E-state index is -0.0601. The monoisotopic (exact) mass is 198 g/mol. The van der Waals surface area contributed by atoms with E-state index >= 15 is 0 Å². The Labute approximate surface area is 88.8 Å². The van der Waals surface area contributed by atoms with Crippen LogP contribution in [0.25, 0.3) is 0 Å². The van der Waals surface area contributed by atoms with E-state index in [9.17, 15) is 0 Å². The third kappa shape index (κ3) is 3.97. The first kappa shape index (κ1) is 12.0. The minimum absolute atomic E-state index is 0.0601. The van der Waals surface area contributed by atoms with Gasteiger partial charge in [0, 0.05) is 18.1 Å². The molecule has 0 spiro atoms. The van der Waals surface area contributed by atoms with Crippen molar-refractivity contribution in [3.63, 3.8) is 0 Å². The van der Waals surface area contributed by atoms with Gasteiger partial charge >= 0.3 is 0 Å². The standard InChI is InChI=1S/C12H26N2/c1-10-6-5-7-11(8-10)14(4)9-12(2,3)13/h10-11H,5-9,13H2,1-4H3. The van der Waals surface area contributed by atoms with Gasteiger partial charge in [-0.05, 0) is 39.7 Å². The molecular formula is C12H26N2. The molecule has 0 radical (unpaired) electrons. The van der Waals surface area contributed by atoms with E-state index in [1.807, 2.05) is 0 Å². The van der Waals surface area contributed by atoms with Crippen molar-refractivity contribution in [3.8, 4) is 0 Å². The molecule has 0 aliphatic heterocycles. The number of likely N-dealkylation sites (N-methyl/N-ethyl adjacent to an activating group) is 1. The fraction of sp³-hybridized carbons (Fsp3) is 1.00. The Kier molecular flexibility index (Phi) is 3.96. The van der Waals surface area contributed by atoms with E-state index in [0.717, 1.165) is 18.5 Å². The molecule has 2 nitrogen and oxygen atoms in total. The first-order valence-electron chi connectivity index (χ1n) is 5.87. The van der Waals surface area contributed by atoms with Crippen LogP contribution in [0.3, 0.4) is 0 Å². The summed E-state index contributed by atoms with van der Waals surface area (Å²) in [6, 6.07) is 0.765. The molecule has 1 saturated carbocycles. The minimum Gasteiger partial charge on any atom is -0.324 e. The van der Waals surface area contributed by atoms with Crippen LogP contribution in [0.4, 0.5) is 0 Å². The Hall–Kier alpha value is -0.0800. The highest BCUT2D eigenvalue weighted by molar-refractivity contribution is 4.82. The number of hydrogen-bond acceptors (Lipinski definition) is 2. The highest BCUT2D eigenvalue weighted by Gasteiger charge is 2.25. The molecule has 0 bridgehead atoms. The number of rotatable bonds is 3. The average Bonchev–Trinajstić information content (AvgIpc) is 2.01. The Balaban J connectivity index is 2.39. The molecule has 1 rings (SSSR count). The summed E-state index contributed by atoms with van der Waals surface area (Å²) in [7, 11) is 2.22. The van der Waals surface area contributed by atoms with Gasteiger partial charge in [-0.3, -0.25) is 0 Å². The molecule has 0 amide bonds. The van der Waals surface area contributed by atoms with Gasteiger partial charge in [-0.1, -0.05) is 19.8 Å². The van der Waals surface area contributed by atoms with Crippen LogP contribution in [-0.4, -0.2) is 30.1 Å². The van der Waals surface area contributed by atoms with Crippen LogP contribution in [0, 0.1) is 5.92 Å². The Morgan fingerprint density at radius 1 is 1.36 bits per heavy atom. The largest absolute Gasteiger partial charge is 0.324 e. The zero-order valence-electron chi connectivity index (χ0n) is 10.2. The van der Waals surface area contributed by atoms with Crippen molar-refractivity contribution in [2.45, 2.75) is 58.0 Å². The summed E-state index contributed by atoms with van der Waals surface area (Å²) in [6.07, 6.45) is 5.51. The zero-order chi connectivity index (χ0) is 10.8. The molecule has 2 atom stereocenters. The highest BCUT2D eigenvalue weighted by Crippen LogP contribution is 2.27. The van der Waals surface area contributed by atoms with Crippen LogP contribution in [0.1, 0.15) is 46.5 Å². The van der Waals surface area contributed by atoms with Crippen molar-refractivity contribution in [1.29, 1.82) is 0 Å². The summed E-state index contributed by atoms with van der Waals surface area (Å²) in [5.41, 5.74) is 5.98. The lowest BCUT2D eigenvalue weighted by molar-refractivity contribution is 0.142. The molecule has 2 unspecified atom stereocenters. The molecule has 1 fully saturated rings. The van der Waals surface area contributed by atoms with Crippen molar-refractivity contribution in [3.05, 3.63) is 0 Å². The quantitative estimate of drug-likeness (QED) is 0.753. The zero-order valence-corrected chi connectivity index (χ0v) is 10.2. The van der Waals surface area contributed by atoms with Gasteiger partial charge < -0.3 is 10.6 Å². The van der Waals surface area contributed by atoms with Crippen LogP contribution in [0.15, 0.2) is 0 Å². The van der Waals surface area contributed by atoms with E-state index in [4.69, 9.17) is 5.73 Å². The molecule has 0 aromatic carbocycles. The lowest BCUT2D eigenvalue weighted by Gasteiger charge is -2.37. The third-order valence-corrected chi connectivity index (χ3v) is 3.19. The maximum absolute atomic E-state index is 6.04. The van der Waals surface area contributed by atoms with E-state index in [1.165, 1.54) is 25.7 Å². The molecule has 84 valence electrons. The SMILES string of the molecule is CC1CCCC(N(C)CC(C)(C)N)C1. The van der Waals surface area contributed by atoms with Gasteiger partial charge in [-0.25, -0.2) is 0 Å². The second kappa shape index (κ2) is 4.63. The van der Waals surface area contributed by atoms with E-state index in [-0.39, 0.29) is 5.54 Å². The summed E-state index contributed by atoms with van der Waals surface area (Å²) in [5, 5.41) is 0.